The number of allylic oxidation sites excluding steroid dienone is 4. The maximum absolute atomic E-state index is 11.4. The lowest BCUT2D eigenvalue weighted by molar-refractivity contribution is -0.141. The Morgan fingerprint density at radius 1 is 1.53 bits per heavy atom. The van der Waals surface area contributed by atoms with Gasteiger partial charge in [-0.25, -0.2) is 9.79 Å². The number of fused-ring (bicyclic) bond motifs is 1. The number of carboxylic acids is 1. The molecule has 1 heterocycles. The van der Waals surface area contributed by atoms with Gasteiger partial charge >= 0.3 is 5.97 Å². The molecule has 1 aliphatic carbocycles. The van der Waals surface area contributed by atoms with Crippen molar-refractivity contribution in [3.8, 4) is 0 Å². The molecule has 1 amide bonds. The molecule has 3 N–H and O–H groups in total. The van der Waals surface area contributed by atoms with Crippen LogP contribution < -0.4 is 5.73 Å². The van der Waals surface area contributed by atoms with Crippen LogP contribution in [0.1, 0.15) is 6.92 Å². The lowest BCUT2D eigenvalue weighted by atomic mass is 9.78. The first-order valence-electron chi connectivity index (χ1n) is 5.14. The van der Waals surface area contributed by atoms with Gasteiger partial charge in [0.2, 0.25) is 0 Å². The minimum atomic E-state index is -1.57. The Kier molecular flexibility index (Phi) is 2.55. The molecule has 17 heavy (non-hydrogen) atoms. The summed E-state index contributed by atoms with van der Waals surface area (Å²) in [5.74, 6) is -1.96. The number of rotatable bonds is 2. The van der Waals surface area contributed by atoms with Crippen LogP contribution in [-0.2, 0) is 9.59 Å². The summed E-state index contributed by atoms with van der Waals surface area (Å²) in [4.78, 5) is 26.4. The number of nitrogens with zero attached hydrogens (tertiary/aromatic N) is 1. The summed E-state index contributed by atoms with van der Waals surface area (Å²) >= 11 is 0. The van der Waals surface area contributed by atoms with Crippen molar-refractivity contribution < 1.29 is 14.7 Å². The topological polar surface area (TPSA) is 92.8 Å². The zero-order valence-electron chi connectivity index (χ0n) is 9.25. The van der Waals surface area contributed by atoms with Gasteiger partial charge in [0.15, 0.2) is 0 Å². The quantitative estimate of drug-likeness (QED) is 0.722. The number of hydrogen-bond donors (Lipinski definition) is 2. The van der Waals surface area contributed by atoms with Gasteiger partial charge in [0.25, 0.3) is 5.91 Å². The molecule has 0 radical (unpaired) electrons. The van der Waals surface area contributed by atoms with Crippen molar-refractivity contribution in [2.24, 2.45) is 16.6 Å². The van der Waals surface area contributed by atoms with Crippen molar-refractivity contribution in [1.82, 2.24) is 0 Å². The van der Waals surface area contributed by atoms with E-state index in [0.717, 1.165) is 0 Å². The second-order valence-corrected chi connectivity index (χ2v) is 4.20. The molecule has 5 nitrogen and oxygen atoms in total. The standard InChI is InChI=1S/C12H12N2O3/c1-12(13,11(16)17)8-6-10(15)14-9-5-3-2-4-7(8)9/h2-7H,13H2,1H3,(H,16,17). The van der Waals surface area contributed by atoms with Gasteiger partial charge in [0, 0.05) is 12.0 Å². The lowest BCUT2D eigenvalue weighted by Gasteiger charge is -2.31. The second kappa shape index (κ2) is 3.78. The number of nitrogens with two attached hydrogens (primary N) is 1. The maximum Gasteiger partial charge on any atom is 0.327 e. The Bertz CT molecular complexity index is 510. The Morgan fingerprint density at radius 3 is 2.88 bits per heavy atom. The smallest absolute Gasteiger partial charge is 0.327 e. The van der Waals surface area contributed by atoms with E-state index < -0.39 is 17.4 Å². The summed E-state index contributed by atoms with van der Waals surface area (Å²) in [5, 5.41) is 9.11. The SMILES string of the molecule is CC(N)(C(=O)O)C1=CC(=O)N=C2C=CC=CC12. The fourth-order valence-electron chi connectivity index (χ4n) is 1.88. The number of carboxylic acid groups (broad SMARTS) is 1. The third-order valence-corrected chi connectivity index (χ3v) is 2.90. The molecule has 2 atom stereocenters. The predicted molar refractivity (Wildman–Crippen MR) is 62.5 cm³/mol. The molecular weight excluding hydrogens is 220 g/mol. The number of dihydropyridines is 1. The van der Waals surface area contributed by atoms with Crippen molar-refractivity contribution in [1.29, 1.82) is 0 Å². The van der Waals surface area contributed by atoms with E-state index in [1.807, 2.05) is 0 Å². The number of hydrogen-bond acceptors (Lipinski definition) is 3. The molecule has 0 fully saturated rings. The average molecular weight is 232 g/mol. The van der Waals surface area contributed by atoms with E-state index in [0.29, 0.717) is 11.3 Å². The molecule has 0 aromatic heterocycles. The third kappa shape index (κ3) is 1.85. The number of amides is 1. The number of carbonyl (C=O) groups excluding carboxylic acids is 1. The minimum Gasteiger partial charge on any atom is -0.480 e. The molecule has 0 spiro atoms. The normalized spacial score (nSPS) is 25.8. The molecular formula is C12H12N2O3. The van der Waals surface area contributed by atoms with E-state index in [2.05, 4.69) is 4.99 Å². The van der Waals surface area contributed by atoms with Crippen molar-refractivity contribution in [3.05, 3.63) is 36.0 Å². The Hall–Kier alpha value is -2.01. The number of aliphatic carboxylic acids is 1. The van der Waals surface area contributed by atoms with E-state index in [1.165, 1.54) is 13.0 Å². The number of carbonyl (C=O) groups is 2. The van der Waals surface area contributed by atoms with Gasteiger partial charge in [0.1, 0.15) is 5.54 Å². The first kappa shape index (κ1) is 11.5. The van der Waals surface area contributed by atoms with E-state index in [4.69, 9.17) is 10.8 Å². The highest BCUT2D eigenvalue weighted by atomic mass is 16.4. The molecule has 88 valence electrons. The van der Waals surface area contributed by atoms with Crippen LogP contribution in [0, 0.1) is 5.92 Å². The van der Waals surface area contributed by atoms with Gasteiger partial charge in [-0.3, -0.25) is 4.79 Å². The van der Waals surface area contributed by atoms with E-state index in [9.17, 15) is 9.59 Å². The summed E-state index contributed by atoms with van der Waals surface area (Å²) in [6.45, 7) is 1.38. The third-order valence-electron chi connectivity index (χ3n) is 2.90. The zero-order valence-corrected chi connectivity index (χ0v) is 9.25. The van der Waals surface area contributed by atoms with Crippen LogP contribution in [-0.4, -0.2) is 28.2 Å². The van der Waals surface area contributed by atoms with Gasteiger partial charge in [-0.2, -0.15) is 0 Å². The highest BCUT2D eigenvalue weighted by Gasteiger charge is 2.39. The summed E-state index contributed by atoms with van der Waals surface area (Å²) in [6, 6.07) is 0. The predicted octanol–water partition coefficient (Wildman–Crippen LogP) is 0.438. The monoisotopic (exact) mass is 232 g/mol. The van der Waals surface area contributed by atoms with Crippen LogP contribution in [0.2, 0.25) is 0 Å². The fourth-order valence-corrected chi connectivity index (χ4v) is 1.88. The zero-order chi connectivity index (χ0) is 12.6. The molecule has 1 aliphatic heterocycles. The molecule has 2 unspecified atom stereocenters. The van der Waals surface area contributed by atoms with Gasteiger partial charge in [-0.1, -0.05) is 18.2 Å². The lowest BCUT2D eigenvalue weighted by Crippen LogP contribution is -2.50. The van der Waals surface area contributed by atoms with Crippen LogP contribution >= 0.6 is 0 Å². The van der Waals surface area contributed by atoms with Gasteiger partial charge in [0.05, 0.1) is 5.71 Å². The highest BCUT2D eigenvalue weighted by Crippen LogP contribution is 2.30. The van der Waals surface area contributed by atoms with Gasteiger partial charge < -0.3 is 10.8 Å². The molecule has 0 bridgehead atoms. The molecule has 0 aromatic carbocycles. The van der Waals surface area contributed by atoms with Crippen LogP contribution in [0.25, 0.3) is 0 Å². The second-order valence-electron chi connectivity index (χ2n) is 4.20. The van der Waals surface area contributed by atoms with Gasteiger partial charge in [-0.15, -0.1) is 0 Å². The van der Waals surface area contributed by atoms with Crippen LogP contribution in [0.5, 0.6) is 0 Å². The van der Waals surface area contributed by atoms with Gasteiger partial charge in [-0.05, 0) is 18.6 Å². The van der Waals surface area contributed by atoms with Crippen molar-refractivity contribution >= 4 is 17.6 Å². The van der Waals surface area contributed by atoms with Crippen LogP contribution in [0.4, 0.5) is 0 Å². The first-order valence-corrected chi connectivity index (χ1v) is 5.14. The Morgan fingerprint density at radius 2 is 2.24 bits per heavy atom. The van der Waals surface area contributed by atoms with E-state index in [-0.39, 0.29) is 5.92 Å². The summed E-state index contributed by atoms with van der Waals surface area (Å²) in [7, 11) is 0. The maximum atomic E-state index is 11.4. The molecule has 2 rings (SSSR count). The molecule has 2 aliphatic rings. The van der Waals surface area contributed by atoms with Crippen LogP contribution in [0.15, 0.2) is 40.9 Å². The van der Waals surface area contributed by atoms with Crippen molar-refractivity contribution in [2.75, 3.05) is 0 Å². The average Bonchev–Trinajstić information content (AvgIpc) is 2.27. The van der Waals surface area contributed by atoms with E-state index >= 15 is 0 Å². The molecule has 5 heteroatoms. The van der Waals surface area contributed by atoms with Crippen LogP contribution in [0.3, 0.4) is 0 Å². The summed E-state index contributed by atoms with van der Waals surface area (Å²) < 4.78 is 0. The highest BCUT2D eigenvalue weighted by molar-refractivity contribution is 6.13. The van der Waals surface area contributed by atoms with Crippen molar-refractivity contribution in [3.63, 3.8) is 0 Å². The summed E-state index contributed by atoms with van der Waals surface area (Å²) in [6.07, 6.45) is 8.22. The largest absolute Gasteiger partial charge is 0.480 e. The Labute approximate surface area is 98.0 Å². The molecule has 0 aromatic rings. The first-order chi connectivity index (χ1) is 7.93. The fraction of sp³-hybridized carbons (Fsp3) is 0.250. The molecule has 0 saturated heterocycles. The molecule has 0 saturated carbocycles. The summed E-state index contributed by atoms with van der Waals surface area (Å²) in [5.41, 5.74) is 5.09. The van der Waals surface area contributed by atoms with Crippen molar-refractivity contribution in [2.45, 2.75) is 12.5 Å². The number of aliphatic imine (C=N–C) groups is 1. The Balaban J connectivity index is 2.48. The van der Waals surface area contributed by atoms with E-state index in [1.54, 1.807) is 24.3 Å². The minimum absolute atomic E-state index is 0.330.